The first kappa shape index (κ1) is 19.8. The summed E-state index contributed by atoms with van der Waals surface area (Å²) in [6, 6.07) is 14.1. The average molecular weight is 417 g/mol. The van der Waals surface area contributed by atoms with Crippen LogP contribution in [0.3, 0.4) is 0 Å². The second-order valence-electron chi connectivity index (χ2n) is 8.67. The predicted octanol–water partition coefficient (Wildman–Crippen LogP) is 3.32. The van der Waals surface area contributed by atoms with Crippen LogP contribution in [0.1, 0.15) is 30.6 Å². The van der Waals surface area contributed by atoms with Crippen molar-refractivity contribution in [3.8, 4) is 0 Å². The van der Waals surface area contributed by atoms with Gasteiger partial charge in [-0.1, -0.05) is 12.1 Å². The van der Waals surface area contributed by atoms with Gasteiger partial charge in [0.1, 0.15) is 11.5 Å². The second kappa shape index (κ2) is 7.81. The molecule has 1 amide bonds. The van der Waals surface area contributed by atoms with E-state index in [2.05, 4.69) is 34.3 Å². The number of amides is 1. The zero-order valence-corrected chi connectivity index (χ0v) is 18.3. The lowest BCUT2D eigenvalue weighted by molar-refractivity contribution is 0.0944. The van der Waals surface area contributed by atoms with Gasteiger partial charge < -0.3 is 15.1 Å². The van der Waals surface area contributed by atoms with Crippen LogP contribution in [0.15, 0.2) is 42.5 Å². The maximum absolute atomic E-state index is 13.0. The molecule has 0 aliphatic carbocycles. The van der Waals surface area contributed by atoms with Crippen LogP contribution in [0.5, 0.6) is 0 Å². The van der Waals surface area contributed by atoms with E-state index in [-0.39, 0.29) is 11.9 Å². The van der Waals surface area contributed by atoms with E-state index >= 15 is 0 Å². The highest BCUT2D eigenvalue weighted by molar-refractivity contribution is 6.05. The number of likely N-dealkylation sites (N-methyl/N-ethyl adjacent to an activating group) is 1. The number of rotatable bonds is 3. The highest BCUT2D eigenvalue weighted by atomic mass is 16.1. The van der Waals surface area contributed by atoms with E-state index in [0.29, 0.717) is 11.2 Å². The Morgan fingerprint density at radius 3 is 2.68 bits per heavy atom. The monoisotopic (exact) mass is 416 g/mol. The average Bonchev–Trinajstić information content (AvgIpc) is 3.01. The van der Waals surface area contributed by atoms with E-state index in [0.717, 1.165) is 60.5 Å². The first-order valence-electron chi connectivity index (χ1n) is 11.0. The van der Waals surface area contributed by atoms with Crippen molar-refractivity contribution in [1.29, 1.82) is 0 Å². The summed E-state index contributed by atoms with van der Waals surface area (Å²) >= 11 is 0. The van der Waals surface area contributed by atoms with E-state index in [9.17, 15) is 4.79 Å². The summed E-state index contributed by atoms with van der Waals surface area (Å²) < 4.78 is 2.04. The van der Waals surface area contributed by atoms with E-state index in [1.165, 1.54) is 0 Å². The third-order valence-corrected chi connectivity index (χ3v) is 5.91. The number of benzene rings is 1. The fourth-order valence-corrected chi connectivity index (χ4v) is 4.34. The summed E-state index contributed by atoms with van der Waals surface area (Å²) in [6.45, 7) is 8.00. The summed E-state index contributed by atoms with van der Waals surface area (Å²) in [6.07, 6.45) is 1.12. The minimum atomic E-state index is -0.114. The fourth-order valence-electron chi connectivity index (χ4n) is 4.34. The van der Waals surface area contributed by atoms with Crippen molar-refractivity contribution in [1.82, 2.24) is 24.6 Å². The standard InChI is InChI=1S/C24H28N6O/c1-16(2)25-24(31)18-15-17-9-10-21(29-12-6-11-28(3)13-14-29)27-22(17)30-20-8-5-4-7-19(20)26-23(18)30/h4-5,7-10,15-16H,6,11-14H2,1-3H3,(H,25,31). The number of carbonyl (C=O) groups is 1. The molecule has 1 aliphatic heterocycles. The van der Waals surface area contributed by atoms with Gasteiger partial charge in [0.2, 0.25) is 0 Å². The van der Waals surface area contributed by atoms with Crippen LogP contribution in [0.4, 0.5) is 5.82 Å². The van der Waals surface area contributed by atoms with Crippen LogP contribution in [0.25, 0.3) is 27.7 Å². The molecule has 1 fully saturated rings. The van der Waals surface area contributed by atoms with Crippen LogP contribution in [-0.2, 0) is 0 Å². The number of carbonyl (C=O) groups excluding carboxylic acids is 1. The number of hydrogen-bond donors (Lipinski definition) is 1. The Morgan fingerprint density at radius 1 is 1.00 bits per heavy atom. The topological polar surface area (TPSA) is 65.8 Å². The highest BCUT2D eigenvalue weighted by Crippen LogP contribution is 2.27. The fraction of sp³-hybridized carbons (Fsp3) is 0.375. The van der Waals surface area contributed by atoms with Crippen LogP contribution < -0.4 is 10.2 Å². The van der Waals surface area contributed by atoms with Crippen molar-refractivity contribution in [3.63, 3.8) is 0 Å². The van der Waals surface area contributed by atoms with Crippen LogP contribution >= 0.6 is 0 Å². The summed E-state index contributed by atoms with van der Waals surface area (Å²) in [5, 5.41) is 3.94. The molecule has 4 heterocycles. The smallest absolute Gasteiger partial charge is 0.255 e. The molecule has 1 aliphatic rings. The van der Waals surface area contributed by atoms with Crippen LogP contribution in [0, 0.1) is 0 Å². The minimum Gasteiger partial charge on any atom is -0.355 e. The summed E-state index contributed by atoms with van der Waals surface area (Å²) in [5.41, 5.74) is 3.87. The lowest BCUT2D eigenvalue weighted by Gasteiger charge is -2.22. The molecule has 31 heavy (non-hydrogen) atoms. The number of anilines is 1. The SMILES string of the molecule is CC(C)NC(=O)c1cc2ccc(N3CCCN(C)CC3)nc2n2c1nc1ccccc12. The second-order valence-corrected chi connectivity index (χ2v) is 8.67. The maximum Gasteiger partial charge on any atom is 0.255 e. The first-order chi connectivity index (χ1) is 15.0. The lowest BCUT2D eigenvalue weighted by atomic mass is 10.1. The molecule has 3 aromatic heterocycles. The molecule has 7 heteroatoms. The van der Waals surface area contributed by atoms with Gasteiger partial charge in [-0.25, -0.2) is 9.97 Å². The Morgan fingerprint density at radius 2 is 1.84 bits per heavy atom. The Kier molecular flexibility index (Phi) is 4.98. The molecule has 0 saturated carbocycles. The summed E-state index contributed by atoms with van der Waals surface area (Å²) in [4.78, 5) is 27.6. The summed E-state index contributed by atoms with van der Waals surface area (Å²) in [7, 11) is 2.17. The molecular weight excluding hydrogens is 388 g/mol. The normalized spacial score (nSPS) is 15.8. The molecular formula is C24H28N6O. The van der Waals surface area contributed by atoms with E-state index in [1.807, 2.05) is 48.6 Å². The number of hydrogen-bond acceptors (Lipinski definition) is 5. The van der Waals surface area contributed by atoms with E-state index in [4.69, 9.17) is 9.97 Å². The molecule has 1 saturated heterocycles. The van der Waals surface area contributed by atoms with Crippen LogP contribution in [0.2, 0.25) is 0 Å². The zero-order chi connectivity index (χ0) is 21.5. The molecule has 0 atom stereocenters. The van der Waals surface area contributed by atoms with Gasteiger partial charge in [0.15, 0.2) is 5.65 Å². The molecule has 0 radical (unpaired) electrons. The Labute approximate surface area is 181 Å². The molecule has 0 unspecified atom stereocenters. The zero-order valence-electron chi connectivity index (χ0n) is 18.3. The number of nitrogens with one attached hydrogen (secondary N) is 1. The van der Waals surface area contributed by atoms with Crippen molar-refractivity contribution in [2.75, 3.05) is 38.1 Å². The third kappa shape index (κ3) is 3.59. The molecule has 0 spiro atoms. The molecule has 7 nitrogen and oxygen atoms in total. The van der Waals surface area contributed by atoms with Crippen molar-refractivity contribution in [2.45, 2.75) is 26.3 Å². The molecule has 160 valence electrons. The van der Waals surface area contributed by atoms with Gasteiger partial charge in [-0.05, 0) is 64.2 Å². The van der Waals surface area contributed by atoms with Gasteiger partial charge in [-0.2, -0.15) is 0 Å². The van der Waals surface area contributed by atoms with Crippen molar-refractivity contribution in [2.24, 2.45) is 0 Å². The predicted molar refractivity (Wildman–Crippen MR) is 125 cm³/mol. The van der Waals surface area contributed by atoms with Crippen molar-refractivity contribution >= 4 is 39.4 Å². The molecule has 0 bridgehead atoms. The largest absolute Gasteiger partial charge is 0.355 e. The van der Waals surface area contributed by atoms with Gasteiger partial charge in [0.05, 0.1) is 16.6 Å². The van der Waals surface area contributed by atoms with Gasteiger partial charge in [0.25, 0.3) is 5.91 Å². The first-order valence-corrected chi connectivity index (χ1v) is 11.0. The number of aromatic nitrogens is 3. The van der Waals surface area contributed by atoms with E-state index < -0.39 is 0 Å². The minimum absolute atomic E-state index is 0.0503. The Bertz CT molecular complexity index is 1280. The van der Waals surface area contributed by atoms with E-state index in [1.54, 1.807) is 0 Å². The number of para-hydroxylation sites is 2. The van der Waals surface area contributed by atoms with Crippen LogP contribution in [-0.4, -0.2) is 64.4 Å². The van der Waals surface area contributed by atoms with Crippen molar-refractivity contribution < 1.29 is 4.79 Å². The number of nitrogens with zero attached hydrogens (tertiary/aromatic N) is 5. The highest BCUT2D eigenvalue weighted by Gasteiger charge is 2.20. The van der Waals surface area contributed by atoms with Gasteiger partial charge >= 0.3 is 0 Å². The van der Waals surface area contributed by atoms with Gasteiger partial charge in [-0.15, -0.1) is 0 Å². The lowest BCUT2D eigenvalue weighted by Crippen LogP contribution is -2.30. The third-order valence-electron chi connectivity index (χ3n) is 5.91. The van der Waals surface area contributed by atoms with Gasteiger partial charge in [0, 0.05) is 31.1 Å². The molecule has 1 N–H and O–H groups in total. The summed E-state index contributed by atoms with van der Waals surface area (Å²) in [5.74, 6) is 0.859. The molecule has 4 aromatic rings. The quantitative estimate of drug-likeness (QED) is 0.555. The van der Waals surface area contributed by atoms with Gasteiger partial charge in [-0.3, -0.25) is 9.20 Å². The number of fused-ring (bicyclic) bond motifs is 5. The Hall–Kier alpha value is -3.19. The number of imidazole rings is 1. The Balaban J connectivity index is 1.73. The molecule has 1 aromatic carbocycles. The number of pyridine rings is 2. The molecule has 5 rings (SSSR count). The maximum atomic E-state index is 13.0. The van der Waals surface area contributed by atoms with Crippen molar-refractivity contribution in [3.05, 3.63) is 48.0 Å².